The zero-order valence-electron chi connectivity index (χ0n) is 21.8. The minimum atomic E-state index is -3.01. The number of rotatable bonds is 9. The molecule has 1 aromatic heterocycles. The second-order valence-corrected chi connectivity index (χ2v) is 9.21. The highest BCUT2D eigenvalue weighted by Crippen LogP contribution is 2.37. The summed E-state index contributed by atoms with van der Waals surface area (Å²) in [5, 5.41) is 0. The Morgan fingerprint density at radius 3 is 2.46 bits per heavy atom. The number of ether oxygens (including phenoxy) is 5. The van der Waals surface area contributed by atoms with Gasteiger partial charge in [0.2, 0.25) is 0 Å². The molecular formula is C27H26F2N2O7S. The van der Waals surface area contributed by atoms with Gasteiger partial charge in [0.1, 0.15) is 17.5 Å². The largest absolute Gasteiger partial charge is 0.497 e. The van der Waals surface area contributed by atoms with E-state index in [1.165, 1.54) is 44.1 Å². The Morgan fingerprint density at radius 2 is 1.82 bits per heavy atom. The van der Waals surface area contributed by atoms with Crippen molar-refractivity contribution in [3.05, 3.63) is 78.5 Å². The molecule has 4 rings (SSSR count). The van der Waals surface area contributed by atoms with Gasteiger partial charge in [-0.1, -0.05) is 17.4 Å². The lowest BCUT2D eigenvalue weighted by Crippen LogP contribution is -2.40. The van der Waals surface area contributed by atoms with Gasteiger partial charge >= 0.3 is 12.6 Å². The van der Waals surface area contributed by atoms with Crippen LogP contribution in [0, 0.1) is 0 Å². The Balaban J connectivity index is 1.93. The summed E-state index contributed by atoms with van der Waals surface area (Å²) >= 11 is 1.12. The maximum Gasteiger partial charge on any atom is 0.387 e. The SMILES string of the molecule is CCOC(=O)C1=C(C)N=c2s/c(=C/c3ccc(OC(F)F)c(OC)c3)c(=O)n2[C@H]1c1ccc(OC)cc1OC. The third-order valence-corrected chi connectivity index (χ3v) is 6.94. The van der Waals surface area contributed by atoms with Gasteiger partial charge in [0, 0.05) is 11.6 Å². The van der Waals surface area contributed by atoms with Crippen molar-refractivity contribution in [1.29, 1.82) is 0 Å². The number of allylic oxidation sites excluding steroid dienone is 1. The van der Waals surface area contributed by atoms with E-state index in [9.17, 15) is 18.4 Å². The molecule has 0 saturated heterocycles. The predicted molar refractivity (Wildman–Crippen MR) is 140 cm³/mol. The van der Waals surface area contributed by atoms with E-state index in [1.54, 1.807) is 38.1 Å². The molecule has 0 fully saturated rings. The van der Waals surface area contributed by atoms with Gasteiger partial charge in [-0.25, -0.2) is 9.79 Å². The van der Waals surface area contributed by atoms with Crippen molar-refractivity contribution in [2.75, 3.05) is 27.9 Å². The van der Waals surface area contributed by atoms with Crippen LogP contribution in [0.25, 0.3) is 6.08 Å². The number of esters is 1. The first-order chi connectivity index (χ1) is 18.7. The second-order valence-electron chi connectivity index (χ2n) is 8.20. The average molecular weight is 561 g/mol. The van der Waals surface area contributed by atoms with E-state index in [1.807, 2.05) is 0 Å². The first kappa shape index (κ1) is 27.8. The number of aromatic nitrogens is 1. The molecule has 1 aliphatic rings. The van der Waals surface area contributed by atoms with Gasteiger partial charge in [0.05, 0.1) is 43.7 Å². The first-order valence-corrected chi connectivity index (χ1v) is 12.6. The minimum Gasteiger partial charge on any atom is -0.497 e. The lowest BCUT2D eigenvalue weighted by atomic mass is 9.95. The molecule has 0 aliphatic carbocycles. The van der Waals surface area contributed by atoms with Gasteiger partial charge in [0.25, 0.3) is 5.56 Å². The number of thiazole rings is 1. The lowest BCUT2D eigenvalue weighted by molar-refractivity contribution is -0.139. The highest BCUT2D eigenvalue weighted by Gasteiger charge is 2.35. The van der Waals surface area contributed by atoms with E-state index >= 15 is 0 Å². The number of nitrogens with zero attached hydrogens (tertiary/aromatic N) is 2. The fourth-order valence-electron chi connectivity index (χ4n) is 4.25. The average Bonchev–Trinajstić information content (AvgIpc) is 3.22. The van der Waals surface area contributed by atoms with Crippen LogP contribution in [0.4, 0.5) is 8.78 Å². The summed E-state index contributed by atoms with van der Waals surface area (Å²) in [4.78, 5) is 31.8. The number of benzene rings is 2. The first-order valence-electron chi connectivity index (χ1n) is 11.8. The van der Waals surface area contributed by atoms with Crippen LogP contribution < -0.4 is 33.8 Å². The van der Waals surface area contributed by atoms with Crippen LogP contribution in [0.2, 0.25) is 0 Å². The van der Waals surface area contributed by atoms with Gasteiger partial charge in [-0.2, -0.15) is 8.78 Å². The Kier molecular flexibility index (Phi) is 8.34. The zero-order valence-corrected chi connectivity index (χ0v) is 22.6. The topological polar surface area (TPSA) is 97.6 Å². The van der Waals surface area contributed by atoms with Crippen molar-refractivity contribution >= 4 is 23.4 Å². The van der Waals surface area contributed by atoms with Gasteiger partial charge in [-0.3, -0.25) is 9.36 Å². The normalized spacial score (nSPS) is 15.1. The molecule has 3 aromatic rings. The molecule has 0 bridgehead atoms. The van der Waals surface area contributed by atoms with Crippen molar-refractivity contribution in [2.45, 2.75) is 26.5 Å². The molecule has 0 amide bonds. The molecule has 0 N–H and O–H groups in total. The number of hydrogen-bond donors (Lipinski definition) is 0. The van der Waals surface area contributed by atoms with Crippen LogP contribution in [-0.4, -0.2) is 45.1 Å². The molecule has 39 heavy (non-hydrogen) atoms. The molecule has 206 valence electrons. The molecule has 0 radical (unpaired) electrons. The maximum atomic E-state index is 13.8. The summed E-state index contributed by atoms with van der Waals surface area (Å²) in [6.07, 6.45) is 1.59. The molecule has 12 heteroatoms. The summed E-state index contributed by atoms with van der Waals surface area (Å²) < 4.78 is 53.0. The van der Waals surface area contributed by atoms with Crippen LogP contribution >= 0.6 is 11.3 Å². The monoisotopic (exact) mass is 560 g/mol. The van der Waals surface area contributed by atoms with Gasteiger partial charge in [0.15, 0.2) is 16.3 Å². The Labute approximate surface area is 226 Å². The van der Waals surface area contributed by atoms with Crippen molar-refractivity contribution < 1.29 is 37.3 Å². The number of carbonyl (C=O) groups is 1. The number of fused-ring (bicyclic) bond motifs is 1. The molecule has 0 saturated carbocycles. The van der Waals surface area contributed by atoms with E-state index in [2.05, 4.69) is 9.73 Å². The maximum absolute atomic E-state index is 13.8. The van der Waals surface area contributed by atoms with E-state index in [0.717, 1.165) is 11.3 Å². The van der Waals surface area contributed by atoms with Crippen molar-refractivity contribution in [1.82, 2.24) is 4.57 Å². The number of methoxy groups -OCH3 is 3. The number of halogens is 2. The van der Waals surface area contributed by atoms with E-state index < -0.39 is 24.2 Å². The molecule has 0 spiro atoms. The molecule has 9 nitrogen and oxygen atoms in total. The number of hydrogen-bond acceptors (Lipinski definition) is 9. The number of alkyl halides is 2. The molecule has 0 unspecified atom stereocenters. The molecule has 1 atom stereocenters. The van der Waals surface area contributed by atoms with Crippen LogP contribution in [0.5, 0.6) is 23.0 Å². The van der Waals surface area contributed by atoms with Crippen LogP contribution in [0.3, 0.4) is 0 Å². The third-order valence-electron chi connectivity index (χ3n) is 5.95. The van der Waals surface area contributed by atoms with E-state index in [4.69, 9.17) is 18.9 Å². The standard InChI is InChI=1S/C27H26F2N2O7S/c1-6-37-25(33)22-14(2)30-27-31(23(22)17-9-8-16(34-3)13-19(17)35-4)24(32)21(39-27)12-15-7-10-18(38-26(28)29)20(11-15)36-5/h7-13,23,26H,6H2,1-5H3/b21-12+/t23-/m0/s1. The van der Waals surface area contributed by atoms with Gasteiger partial charge in [-0.15, -0.1) is 0 Å². The van der Waals surface area contributed by atoms with Crippen molar-refractivity contribution in [3.63, 3.8) is 0 Å². The van der Waals surface area contributed by atoms with E-state index in [0.29, 0.717) is 37.7 Å². The van der Waals surface area contributed by atoms with Crippen LogP contribution in [-0.2, 0) is 9.53 Å². The minimum absolute atomic E-state index is 0.0816. The Morgan fingerprint density at radius 1 is 1.08 bits per heavy atom. The molecular weight excluding hydrogens is 534 g/mol. The summed E-state index contributed by atoms with van der Waals surface area (Å²) in [6, 6.07) is 8.55. The predicted octanol–water partition coefficient (Wildman–Crippen LogP) is 3.43. The van der Waals surface area contributed by atoms with Crippen molar-refractivity contribution in [3.8, 4) is 23.0 Å². The fraction of sp³-hybridized carbons (Fsp3) is 0.296. The molecule has 1 aliphatic heterocycles. The highest BCUT2D eigenvalue weighted by molar-refractivity contribution is 7.07. The second kappa shape index (κ2) is 11.7. The van der Waals surface area contributed by atoms with Crippen molar-refractivity contribution in [2.24, 2.45) is 4.99 Å². The summed E-state index contributed by atoms with van der Waals surface area (Å²) in [7, 11) is 4.33. The van der Waals surface area contributed by atoms with Gasteiger partial charge in [-0.05, 0) is 49.8 Å². The van der Waals surface area contributed by atoms with Crippen LogP contribution in [0.1, 0.15) is 31.0 Å². The number of carbonyl (C=O) groups excluding carboxylic acids is 1. The van der Waals surface area contributed by atoms with Crippen LogP contribution in [0.15, 0.2) is 57.5 Å². The Hall–Kier alpha value is -4.19. The highest BCUT2D eigenvalue weighted by atomic mass is 32.1. The Bertz CT molecular complexity index is 1610. The smallest absolute Gasteiger partial charge is 0.387 e. The summed E-state index contributed by atoms with van der Waals surface area (Å²) in [5.74, 6) is 0.292. The van der Waals surface area contributed by atoms with Gasteiger partial charge < -0.3 is 23.7 Å². The quantitative estimate of drug-likeness (QED) is 0.370. The zero-order chi connectivity index (χ0) is 28.3. The lowest BCUT2D eigenvalue weighted by Gasteiger charge is -2.26. The summed E-state index contributed by atoms with van der Waals surface area (Å²) in [6.45, 7) is 0.497. The third kappa shape index (κ3) is 5.51. The molecule has 2 aromatic carbocycles. The van der Waals surface area contributed by atoms with E-state index in [-0.39, 0.29) is 23.7 Å². The molecule has 2 heterocycles. The summed E-state index contributed by atoms with van der Waals surface area (Å²) in [5.41, 5.74) is 1.24. The fourth-order valence-corrected chi connectivity index (χ4v) is 5.30.